The molecule has 1 N–H and O–H groups in total. The molecule has 0 fully saturated rings. The van der Waals surface area contributed by atoms with Crippen molar-refractivity contribution in [2.75, 3.05) is 14.2 Å². The third-order valence-corrected chi connectivity index (χ3v) is 4.85. The molecule has 34 heavy (non-hydrogen) atoms. The topological polar surface area (TPSA) is 95.5 Å². The summed E-state index contributed by atoms with van der Waals surface area (Å²) >= 11 is 5.84. The van der Waals surface area contributed by atoms with Crippen molar-refractivity contribution < 1.29 is 28.5 Å². The SMILES string of the molecule is COc1ccc(C(=O)Oc2ccc(C=NNC(=O)C(C)Oc3ccc(Cl)cc3)cc2OC)cc1. The van der Waals surface area contributed by atoms with Crippen molar-refractivity contribution in [3.8, 4) is 23.0 Å². The molecule has 3 aromatic carbocycles. The maximum absolute atomic E-state index is 12.4. The number of carbonyl (C=O) groups excluding carboxylic acids is 2. The highest BCUT2D eigenvalue weighted by atomic mass is 35.5. The number of nitrogens with one attached hydrogen (secondary N) is 1. The number of carbonyl (C=O) groups is 2. The first-order valence-corrected chi connectivity index (χ1v) is 10.6. The quantitative estimate of drug-likeness (QED) is 0.209. The van der Waals surface area contributed by atoms with Crippen LogP contribution in [-0.4, -0.2) is 38.4 Å². The highest BCUT2D eigenvalue weighted by Crippen LogP contribution is 2.28. The van der Waals surface area contributed by atoms with Crippen molar-refractivity contribution in [2.24, 2.45) is 5.10 Å². The van der Waals surface area contributed by atoms with Gasteiger partial charge in [0.05, 0.1) is 26.0 Å². The van der Waals surface area contributed by atoms with Gasteiger partial charge in [0.25, 0.3) is 5.91 Å². The number of nitrogens with zero attached hydrogens (tertiary/aromatic N) is 1. The predicted octanol–water partition coefficient (Wildman–Crippen LogP) is 4.49. The summed E-state index contributed by atoms with van der Waals surface area (Å²) in [5.41, 5.74) is 3.41. The molecular weight excluding hydrogens is 460 g/mol. The lowest BCUT2D eigenvalue weighted by molar-refractivity contribution is -0.127. The van der Waals surface area contributed by atoms with Gasteiger partial charge in [-0.05, 0) is 79.2 Å². The number of amides is 1. The predicted molar refractivity (Wildman–Crippen MR) is 128 cm³/mol. The van der Waals surface area contributed by atoms with Gasteiger partial charge in [-0.2, -0.15) is 5.10 Å². The number of hydrogen-bond donors (Lipinski definition) is 1. The van der Waals surface area contributed by atoms with Crippen molar-refractivity contribution >= 4 is 29.7 Å². The Kier molecular flexibility index (Phi) is 8.48. The van der Waals surface area contributed by atoms with E-state index >= 15 is 0 Å². The molecule has 9 heteroatoms. The smallest absolute Gasteiger partial charge is 0.343 e. The third-order valence-electron chi connectivity index (χ3n) is 4.60. The average molecular weight is 483 g/mol. The first-order valence-electron chi connectivity index (χ1n) is 10.2. The second kappa shape index (κ2) is 11.7. The molecule has 3 aromatic rings. The molecule has 0 bridgehead atoms. The minimum atomic E-state index is -0.771. The summed E-state index contributed by atoms with van der Waals surface area (Å²) in [6, 6.07) is 18.1. The van der Waals surface area contributed by atoms with Crippen molar-refractivity contribution in [2.45, 2.75) is 13.0 Å². The maximum Gasteiger partial charge on any atom is 0.343 e. The molecule has 0 aromatic heterocycles. The summed E-state index contributed by atoms with van der Waals surface area (Å²) in [5.74, 6) is 0.759. The van der Waals surface area contributed by atoms with Crippen molar-refractivity contribution in [1.29, 1.82) is 0 Å². The minimum Gasteiger partial charge on any atom is -0.497 e. The highest BCUT2D eigenvalue weighted by molar-refractivity contribution is 6.30. The molecule has 0 radical (unpaired) electrons. The zero-order valence-electron chi connectivity index (χ0n) is 18.8. The van der Waals surface area contributed by atoms with Crippen molar-refractivity contribution in [3.63, 3.8) is 0 Å². The van der Waals surface area contributed by atoms with Crippen LogP contribution in [-0.2, 0) is 4.79 Å². The largest absolute Gasteiger partial charge is 0.497 e. The molecule has 0 aliphatic rings. The number of hydrazone groups is 1. The normalized spacial score (nSPS) is 11.5. The van der Waals surface area contributed by atoms with Gasteiger partial charge >= 0.3 is 5.97 Å². The van der Waals surface area contributed by atoms with Gasteiger partial charge in [-0.15, -0.1) is 0 Å². The zero-order chi connectivity index (χ0) is 24.5. The van der Waals surface area contributed by atoms with E-state index in [1.165, 1.54) is 13.3 Å². The standard InChI is InChI=1S/C25H23ClN2O6/c1-16(33-21-11-7-19(26)8-12-21)24(29)28-27-15-17-4-13-22(23(14-17)32-3)34-25(30)18-5-9-20(31-2)10-6-18/h4-16H,1-3H3,(H,28,29). The fraction of sp³-hybridized carbons (Fsp3) is 0.160. The Balaban J connectivity index is 1.59. The van der Waals surface area contributed by atoms with E-state index in [1.54, 1.807) is 80.8 Å². The Morgan fingerprint density at radius 1 is 0.912 bits per heavy atom. The summed E-state index contributed by atoms with van der Waals surface area (Å²) in [5, 5.41) is 4.52. The molecule has 0 saturated carbocycles. The number of methoxy groups -OCH3 is 2. The number of rotatable bonds is 9. The van der Waals surface area contributed by atoms with Crippen LogP contribution in [0, 0.1) is 0 Å². The van der Waals surface area contributed by atoms with E-state index < -0.39 is 18.0 Å². The molecule has 1 amide bonds. The number of ether oxygens (including phenoxy) is 4. The molecule has 8 nitrogen and oxygen atoms in total. The van der Waals surface area contributed by atoms with Crippen LogP contribution in [0.2, 0.25) is 5.02 Å². The van der Waals surface area contributed by atoms with Crippen LogP contribution in [0.15, 0.2) is 71.8 Å². The first kappa shape index (κ1) is 24.6. The molecule has 176 valence electrons. The van der Waals surface area contributed by atoms with E-state index in [4.69, 9.17) is 30.5 Å². The van der Waals surface area contributed by atoms with E-state index in [1.807, 2.05) is 0 Å². The third kappa shape index (κ3) is 6.73. The summed E-state index contributed by atoms with van der Waals surface area (Å²) in [4.78, 5) is 24.6. The zero-order valence-corrected chi connectivity index (χ0v) is 19.5. The number of esters is 1. The number of hydrogen-bond acceptors (Lipinski definition) is 7. The molecule has 0 heterocycles. The Hall–Kier alpha value is -4.04. The first-order chi connectivity index (χ1) is 16.4. The fourth-order valence-electron chi connectivity index (χ4n) is 2.77. The van der Waals surface area contributed by atoms with Gasteiger partial charge < -0.3 is 18.9 Å². The monoisotopic (exact) mass is 482 g/mol. The molecule has 0 aliphatic heterocycles. The van der Waals surface area contributed by atoms with Crippen LogP contribution in [0.1, 0.15) is 22.8 Å². The molecule has 1 atom stereocenters. The van der Waals surface area contributed by atoms with Crippen molar-refractivity contribution in [3.05, 3.63) is 82.9 Å². The van der Waals surface area contributed by atoms with Crippen LogP contribution >= 0.6 is 11.6 Å². The van der Waals surface area contributed by atoms with Crippen LogP contribution in [0.3, 0.4) is 0 Å². The lowest BCUT2D eigenvalue weighted by Gasteiger charge is -2.13. The Labute approximate surface area is 202 Å². The molecule has 0 aliphatic carbocycles. The van der Waals surface area contributed by atoms with E-state index in [0.717, 1.165) is 0 Å². The van der Waals surface area contributed by atoms with E-state index in [0.29, 0.717) is 33.4 Å². The highest BCUT2D eigenvalue weighted by Gasteiger charge is 2.15. The molecule has 3 rings (SSSR count). The summed E-state index contributed by atoms with van der Waals surface area (Å²) in [7, 11) is 3.00. The molecule has 0 spiro atoms. The lowest BCUT2D eigenvalue weighted by atomic mass is 10.2. The van der Waals surface area contributed by atoms with Gasteiger partial charge in [0.2, 0.25) is 0 Å². The second-order valence-electron chi connectivity index (χ2n) is 6.98. The van der Waals surface area contributed by atoms with E-state index in [-0.39, 0.29) is 5.75 Å². The Bertz CT molecular complexity index is 1160. The second-order valence-corrected chi connectivity index (χ2v) is 7.41. The van der Waals surface area contributed by atoms with Crippen LogP contribution in [0.25, 0.3) is 0 Å². The lowest BCUT2D eigenvalue weighted by Crippen LogP contribution is -2.33. The number of benzene rings is 3. The number of halogens is 1. The van der Waals surface area contributed by atoms with Gasteiger partial charge in [0.15, 0.2) is 17.6 Å². The van der Waals surface area contributed by atoms with Crippen LogP contribution in [0.4, 0.5) is 0 Å². The van der Waals surface area contributed by atoms with Crippen LogP contribution in [0.5, 0.6) is 23.0 Å². The summed E-state index contributed by atoms with van der Waals surface area (Å²) < 4.78 is 21.4. The van der Waals surface area contributed by atoms with Crippen LogP contribution < -0.4 is 24.4 Å². The van der Waals surface area contributed by atoms with Gasteiger partial charge in [0.1, 0.15) is 11.5 Å². The molecule has 0 saturated heterocycles. The van der Waals surface area contributed by atoms with Gasteiger partial charge in [-0.1, -0.05) is 11.6 Å². The van der Waals surface area contributed by atoms with Gasteiger partial charge in [-0.25, -0.2) is 10.2 Å². The van der Waals surface area contributed by atoms with E-state index in [2.05, 4.69) is 10.5 Å². The fourth-order valence-corrected chi connectivity index (χ4v) is 2.89. The average Bonchev–Trinajstić information content (AvgIpc) is 2.86. The van der Waals surface area contributed by atoms with Gasteiger partial charge in [0, 0.05) is 5.02 Å². The Morgan fingerprint density at radius 2 is 1.59 bits per heavy atom. The Morgan fingerprint density at radius 3 is 2.24 bits per heavy atom. The van der Waals surface area contributed by atoms with Crippen molar-refractivity contribution in [1.82, 2.24) is 5.43 Å². The molecule has 1 unspecified atom stereocenters. The van der Waals surface area contributed by atoms with E-state index in [9.17, 15) is 9.59 Å². The molecular formula is C25H23ClN2O6. The summed E-state index contributed by atoms with van der Waals surface area (Å²) in [6.07, 6.45) is 0.664. The van der Waals surface area contributed by atoms with Gasteiger partial charge in [-0.3, -0.25) is 4.79 Å². The maximum atomic E-state index is 12.4. The minimum absolute atomic E-state index is 0.245. The summed E-state index contributed by atoms with van der Waals surface area (Å²) in [6.45, 7) is 1.61.